The maximum Gasteiger partial charge on any atom is 0.0751 e. The standard InChI is InChI=1S/C19H22N2/c1-2-6-15(7-3-1)18(17-8-4-5-13-20-17)21-14-19(11-12-19)16-9-10-16/h1-8,13,16,18,21H,9-12,14H2. The van der Waals surface area contributed by atoms with Crippen LogP contribution in [0, 0.1) is 11.3 Å². The first-order valence-corrected chi connectivity index (χ1v) is 8.07. The van der Waals surface area contributed by atoms with Crippen molar-refractivity contribution in [3.63, 3.8) is 0 Å². The summed E-state index contributed by atoms with van der Waals surface area (Å²) in [5.41, 5.74) is 3.04. The van der Waals surface area contributed by atoms with E-state index < -0.39 is 0 Å². The summed E-state index contributed by atoms with van der Waals surface area (Å²) in [5, 5.41) is 3.81. The van der Waals surface area contributed by atoms with Crippen LogP contribution in [-0.2, 0) is 0 Å². The lowest BCUT2D eigenvalue weighted by Crippen LogP contribution is -2.30. The van der Waals surface area contributed by atoms with E-state index in [2.05, 4.69) is 52.8 Å². The van der Waals surface area contributed by atoms with E-state index in [4.69, 9.17) is 0 Å². The third-order valence-electron chi connectivity index (χ3n) is 5.11. The highest BCUT2D eigenvalue weighted by Gasteiger charge is 2.53. The van der Waals surface area contributed by atoms with E-state index >= 15 is 0 Å². The van der Waals surface area contributed by atoms with Crippen molar-refractivity contribution in [1.82, 2.24) is 10.3 Å². The molecule has 1 aromatic carbocycles. The van der Waals surface area contributed by atoms with Crippen molar-refractivity contribution >= 4 is 0 Å². The third-order valence-corrected chi connectivity index (χ3v) is 5.11. The van der Waals surface area contributed by atoms with E-state index in [-0.39, 0.29) is 6.04 Å². The fourth-order valence-corrected chi connectivity index (χ4v) is 3.48. The van der Waals surface area contributed by atoms with Crippen molar-refractivity contribution in [2.75, 3.05) is 6.54 Å². The van der Waals surface area contributed by atoms with Crippen LogP contribution in [0.25, 0.3) is 0 Å². The molecule has 21 heavy (non-hydrogen) atoms. The predicted molar refractivity (Wildman–Crippen MR) is 84.9 cm³/mol. The Morgan fingerprint density at radius 2 is 1.81 bits per heavy atom. The third kappa shape index (κ3) is 2.73. The van der Waals surface area contributed by atoms with Crippen LogP contribution in [0.5, 0.6) is 0 Å². The maximum atomic E-state index is 4.57. The van der Waals surface area contributed by atoms with Gasteiger partial charge in [0.15, 0.2) is 0 Å². The Morgan fingerprint density at radius 1 is 1.05 bits per heavy atom. The summed E-state index contributed by atoms with van der Waals surface area (Å²) >= 11 is 0. The molecular formula is C19H22N2. The van der Waals surface area contributed by atoms with Crippen LogP contribution in [0.1, 0.15) is 43.0 Å². The number of rotatable bonds is 6. The van der Waals surface area contributed by atoms with Crippen molar-refractivity contribution in [1.29, 1.82) is 0 Å². The van der Waals surface area contributed by atoms with Crippen LogP contribution in [0.15, 0.2) is 54.7 Å². The van der Waals surface area contributed by atoms with Crippen molar-refractivity contribution in [3.05, 3.63) is 66.0 Å². The largest absolute Gasteiger partial charge is 0.304 e. The summed E-state index contributed by atoms with van der Waals surface area (Å²) in [5.74, 6) is 0.991. The van der Waals surface area contributed by atoms with Crippen LogP contribution in [0.4, 0.5) is 0 Å². The van der Waals surface area contributed by atoms with Crippen LogP contribution < -0.4 is 5.32 Å². The summed E-state index contributed by atoms with van der Waals surface area (Å²) in [6, 6.07) is 17.1. The van der Waals surface area contributed by atoms with Crippen LogP contribution in [0.2, 0.25) is 0 Å². The molecule has 0 spiro atoms. The molecule has 0 amide bonds. The number of aromatic nitrogens is 1. The van der Waals surface area contributed by atoms with E-state index in [9.17, 15) is 0 Å². The summed E-state index contributed by atoms with van der Waals surface area (Å²) in [6.45, 7) is 1.13. The van der Waals surface area contributed by atoms with Gasteiger partial charge in [-0.3, -0.25) is 4.98 Å². The van der Waals surface area contributed by atoms with E-state index in [1.807, 2.05) is 12.3 Å². The Balaban J connectivity index is 1.55. The SMILES string of the molecule is c1ccc(C(NCC2(C3CC3)CC2)c2ccccn2)cc1. The number of hydrogen-bond acceptors (Lipinski definition) is 2. The zero-order chi connectivity index (χ0) is 14.1. The highest BCUT2D eigenvalue weighted by molar-refractivity contribution is 5.27. The highest BCUT2D eigenvalue weighted by Crippen LogP contribution is 2.61. The lowest BCUT2D eigenvalue weighted by atomic mass is 9.98. The van der Waals surface area contributed by atoms with Gasteiger partial charge in [0.25, 0.3) is 0 Å². The zero-order valence-corrected chi connectivity index (χ0v) is 12.3. The fourth-order valence-electron chi connectivity index (χ4n) is 3.48. The molecule has 2 saturated carbocycles. The molecule has 1 unspecified atom stereocenters. The zero-order valence-electron chi connectivity index (χ0n) is 12.3. The molecule has 0 aliphatic heterocycles. The highest BCUT2D eigenvalue weighted by atomic mass is 15.0. The summed E-state index contributed by atoms with van der Waals surface area (Å²) in [7, 11) is 0. The number of nitrogens with zero attached hydrogens (tertiary/aromatic N) is 1. The van der Waals surface area contributed by atoms with Crippen molar-refractivity contribution in [2.24, 2.45) is 11.3 Å². The van der Waals surface area contributed by atoms with Gasteiger partial charge >= 0.3 is 0 Å². The molecule has 2 nitrogen and oxygen atoms in total. The molecule has 1 atom stereocenters. The van der Waals surface area contributed by atoms with E-state index in [1.165, 1.54) is 31.2 Å². The minimum atomic E-state index is 0.212. The van der Waals surface area contributed by atoms with Crippen LogP contribution in [0.3, 0.4) is 0 Å². The molecule has 2 heteroatoms. The molecule has 108 valence electrons. The van der Waals surface area contributed by atoms with Gasteiger partial charge in [0, 0.05) is 12.7 Å². The molecule has 2 fully saturated rings. The number of hydrogen-bond donors (Lipinski definition) is 1. The van der Waals surface area contributed by atoms with Gasteiger partial charge in [-0.25, -0.2) is 0 Å². The molecule has 0 saturated heterocycles. The summed E-state index contributed by atoms with van der Waals surface area (Å²) < 4.78 is 0. The summed E-state index contributed by atoms with van der Waals surface area (Å²) in [6.07, 6.45) is 7.60. The smallest absolute Gasteiger partial charge is 0.0751 e. The van der Waals surface area contributed by atoms with Crippen molar-refractivity contribution in [2.45, 2.75) is 31.7 Å². The Morgan fingerprint density at radius 3 is 2.43 bits per heavy atom. The van der Waals surface area contributed by atoms with Gasteiger partial charge in [0.1, 0.15) is 0 Å². The average Bonchev–Trinajstić information content (AvgIpc) is 3.43. The van der Waals surface area contributed by atoms with Gasteiger partial charge in [-0.2, -0.15) is 0 Å². The molecular weight excluding hydrogens is 256 g/mol. The first-order valence-electron chi connectivity index (χ1n) is 8.07. The van der Waals surface area contributed by atoms with Gasteiger partial charge in [-0.05, 0) is 54.7 Å². The van der Waals surface area contributed by atoms with Crippen molar-refractivity contribution in [3.8, 4) is 0 Å². The van der Waals surface area contributed by atoms with Gasteiger partial charge in [0.05, 0.1) is 11.7 Å². The van der Waals surface area contributed by atoms with Gasteiger partial charge in [-0.15, -0.1) is 0 Å². The molecule has 0 bridgehead atoms. The minimum Gasteiger partial charge on any atom is -0.304 e. The molecule has 1 aromatic heterocycles. The average molecular weight is 278 g/mol. The quantitative estimate of drug-likeness (QED) is 0.865. The van der Waals surface area contributed by atoms with Crippen molar-refractivity contribution < 1.29 is 0 Å². The topological polar surface area (TPSA) is 24.9 Å². The van der Waals surface area contributed by atoms with E-state index in [0.717, 1.165) is 18.2 Å². The Labute approximate surface area is 126 Å². The molecule has 1 heterocycles. The Kier molecular flexibility index (Phi) is 3.27. The van der Waals surface area contributed by atoms with Gasteiger partial charge in [0.2, 0.25) is 0 Å². The second kappa shape index (κ2) is 5.27. The molecule has 1 N–H and O–H groups in total. The number of nitrogens with one attached hydrogen (secondary N) is 1. The first-order chi connectivity index (χ1) is 10.4. The first kappa shape index (κ1) is 13.0. The summed E-state index contributed by atoms with van der Waals surface area (Å²) in [4.78, 5) is 4.57. The fraction of sp³-hybridized carbons (Fsp3) is 0.421. The monoisotopic (exact) mass is 278 g/mol. The number of benzene rings is 1. The van der Waals surface area contributed by atoms with Crippen LogP contribution >= 0.6 is 0 Å². The lowest BCUT2D eigenvalue weighted by Gasteiger charge is -2.23. The molecule has 4 rings (SSSR count). The molecule has 2 aliphatic carbocycles. The predicted octanol–water partition coefficient (Wildman–Crippen LogP) is 3.95. The van der Waals surface area contributed by atoms with E-state index in [1.54, 1.807) is 0 Å². The van der Waals surface area contributed by atoms with E-state index in [0.29, 0.717) is 5.41 Å². The Bertz CT molecular complexity index is 546. The number of pyridine rings is 1. The van der Waals surface area contributed by atoms with Crippen LogP contribution in [-0.4, -0.2) is 11.5 Å². The molecule has 0 radical (unpaired) electrons. The lowest BCUT2D eigenvalue weighted by molar-refractivity contribution is 0.387. The molecule has 2 aliphatic rings. The second-order valence-corrected chi connectivity index (χ2v) is 6.62. The maximum absolute atomic E-state index is 4.57. The second-order valence-electron chi connectivity index (χ2n) is 6.62. The molecule has 2 aromatic rings. The van der Waals surface area contributed by atoms with Gasteiger partial charge < -0.3 is 5.32 Å². The minimum absolute atomic E-state index is 0.212. The van der Waals surface area contributed by atoms with Gasteiger partial charge in [-0.1, -0.05) is 36.4 Å². The normalized spacial score (nSPS) is 21.0. The Hall–Kier alpha value is -1.67.